The third-order valence-corrected chi connectivity index (χ3v) is 8.56. The zero-order chi connectivity index (χ0) is 16.5. The molecule has 0 spiro atoms. The van der Waals surface area contributed by atoms with Crippen molar-refractivity contribution in [3.8, 4) is 11.8 Å². The van der Waals surface area contributed by atoms with E-state index in [0.717, 1.165) is 19.3 Å². The summed E-state index contributed by atoms with van der Waals surface area (Å²) in [6, 6.07) is 0. The third-order valence-electron chi connectivity index (χ3n) is 4.08. The Balaban J connectivity index is 4.07. The molecule has 0 N–H and O–H groups in total. The second-order valence-corrected chi connectivity index (χ2v) is 12.3. The SMILES string of the molecule is CC(C)=CCC/C(C)=C/CC#CCO[Si](C)(C)C(C)(C)C. The predicted octanol–water partition coefficient (Wildman–Crippen LogP) is 6.09. The maximum Gasteiger partial charge on any atom is 0.193 e. The maximum atomic E-state index is 6.03. The molecule has 0 amide bonds. The predicted molar refractivity (Wildman–Crippen MR) is 98.0 cm³/mol. The van der Waals surface area contributed by atoms with Gasteiger partial charge in [0, 0.05) is 6.42 Å². The van der Waals surface area contributed by atoms with E-state index in [1.54, 1.807) is 0 Å². The molecule has 0 aliphatic rings. The van der Waals surface area contributed by atoms with Gasteiger partial charge in [-0.05, 0) is 51.7 Å². The van der Waals surface area contributed by atoms with Crippen LogP contribution < -0.4 is 0 Å². The van der Waals surface area contributed by atoms with Crippen LogP contribution in [0.15, 0.2) is 23.3 Å². The van der Waals surface area contributed by atoms with Gasteiger partial charge in [-0.15, -0.1) is 0 Å². The fourth-order valence-corrected chi connectivity index (χ4v) is 2.34. The summed E-state index contributed by atoms with van der Waals surface area (Å²) >= 11 is 0. The molecular weight excluding hydrogens is 272 g/mol. The first-order valence-corrected chi connectivity index (χ1v) is 10.9. The van der Waals surface area contributed by atoms with Crippen molar-refractivity contribution in [1.82, 2.24) is 0 Å². The maximum absolute atomic E-state index is 6.03. The van der Waals surface area contributed by atoms with E-state index in [1.165, 1.54) is 11.1 Å². The molecule has 0 saturated carbocycles. The van der Waals surface area contributed by atoms with Crippen LogP contribution >= 0.6 is 0 Å². The zero-order valence-electron chi connectivity index (χ0n) is 15.4. The zero-order valence-corrected chi connectivity index (χ0v) is 16.4. The molecular formula is C19H34OSi. The van der Waals surface area contributed by atoms with Gasteiger partial charge in [-0.3, -0.25) is 0 Å². The van der Waals surface area contributed by atoms with Gasteiger partial charge in [0.1, 0.15) is 0 Å². The Morgan fingerprint density at radius 1 is 1.05 bits per heavy atom. The first kappa shape index (κ1) is 20.2. The van der Waals surface area contributed by atoms with Crippen molar-refractivity contribution in [3.05, 3.63) is 23.3 Å². The average molecular weight is 307 g/mol. The molecule has 0 aromatic carbocycles. The van der Waals surface area contributed by atoms with Gasteiger partial charge in [0.15, 0.2) is 8.32 Å². The summed E-state index contributed by atoms with van der Waals surface area (Å²) in [7, 11) is -1.64. The van der Waals surface area contributed by atoms with Gasteiger partial charge in [0.25, 0.3) is 0 Å². The van der Waals surface area contributed by atoms with Crippen LogP contribution in [0.5, 0.6) is 0 Å². The molecule has 0 aromatic rings. The van der Waals surface area contributed by atoms with Gasteiger partial charge >= 0.3 is 0 Å². The summed E-state index contributed by atoms with van der Waals surface area (Å²) in [5.74, 6) is 6.34. The van der Waals surface area contributed by atoms with E-state index in [4.69, 9.17) is 4.43 Å². The van der Waals surface area contributed by atoms with Crippen LogP contribution in [-0.2, 0) is 4.43 Å². The van der Waals surface area contributed by atoms with Gasteiger partial charge in [-0.25, -0.2) is 0 Å². The monoisotopic (exact) mass is 306 g/mol. The summed E-state index contributed by atoms with van der Waals surface area (Å²) < 4.78 is 6.03. The minimum absolute atomic E-state index is 0.260. The number of hydrogen-bond donors (Lipinski definition) is 0. The van der Waals surface area contributed by atoms with Gasteiger partial charge in [-0.1, -0.05) is 55.9 Å². The summed E-state index contributed by atoms with van der Waals surface area (Å²) in [5, 5.41) is 0.260. The molecule has 21 heavy (non-hydrogen) atoms. The van der Waals surface area contributed by atoms with Gasteiger partial charge < -0.3 is 4.43 Å². The van der Waals surface area contributed by atoms with Crippen LogP contribution in [0.4, 0.5) is 0 Å². The standard InChI is InChI=1S/C19H34OSi/c1-17(2)13-12-15-18(3)14-10-9-11-16-20-21(7,8)19(4,5)6/h13-14H,10,12,15-16H2,1-8H3/b18-14+. The first-order chi connectivity index (χ1) is 9.56. The lowest BCUT2D eigenvalue weighted by Gasteiger charge is -2.35. The molecule has 0 saturated heterocycles. The molecule has 0 rings (SSSR count). The second kappa shape index (κ2) is 9.28. The lowest BCUT2D eigenvalue weighted by Crippen LogP contribution is -2.40. The van der Waals surface area contributed by atoms with E-state index in [0.29, 0.717) is 6.61 Å². The summed E-state index contributed by atoms with van der Waals surface area (Å²) in [6.45, 7) is 18.3. The van der Waals surface area contributed by atoms with Crippen LogP contribution in [0.3, 0.4) is 0 Å². The van der Waals surface area contributed by atoms with Gasteiger partial charge in [0.05, 0.1) is 6.61 Å². The minimum Gasteiger partial charge on any atom is -0.406 e. The van der Waals surface area contributed by atoms with Crippen molar-refractivity contribution in [2.24, 2.45) is 0 Å². The van der Waals surface area contributed by atoms with Gasteiger partial charge in [0.2, 0.25) is 0 Å². The molecule has 0 aromatic heterocycles. The summed E-state index contributed by atoms with van der Waals surface area (Å²) in [4.78, 5) is 0. The summed E-state index contributed by atoms with van der Waals surface area (Å²) in [5.41, 5.74) is 2.82. The molecule has 2 heteroatoms. The molecule has 0 radical (unpaired) electrons. The molecule has 0 unspecified atom stereocenters. The summed E-state index contributed by atoms with van der Waals surface area (Å²) in [6.07, 6.45) is 7.62. The highest BCUT2D eigenvalue weighted by Crippen LogP contribution is 2.36. The van der Waals surface area contributed by atoms with Crippen molar-refractivity contribution in [1.29, 1.82) is 0 Å². The molecule has 0 aliphatic heterocycles. The van der Waals surface area contributed by atoms with E-state index >= 15 is 0 Å². The number of allylic oxidation sites excluding steroid dienone is 4. The van der Waals surface area contributed by atoms with E-state index in [2.05, 4.69) is 78.6 Å². The van der Waals surface area contributed by atoms with Crippen molar-refractivity contribution >= 4 is 8.32 Å². The molecule has 0 aliphatic carbocycles. The Hall–Kier alpha value is -0.783. The lowest BCUT2D eigenvalue weighted by molar-refractivity contribution is 0.334. The molecule has 120 valence electrons. The fraction of sp³-hybridized carbons (Fsp3) is 0.684. The smallest absolute Gasteiger partial charge is 0.193 e. The topological polar surface area (TPSA) is 9.23 Å². The Morgan fingerprint density at radius 2 is 1.67 bits per heavy atom. The van der Waals surface area contributed by atoms with Crippen molar-refractivity contribution < 1.29 is 4.43 Å². The normalized spacial score (nSPS) is 12.7. The fourth-order valence-electron chi connectivity index (χ4n) is 1.47. The minimum atomic E-state index is -1.64. The lowest BCUT2D eigenvalue weighted by atomic mass is 10.1. The molecule has 0 fully saturated rings. The Bertz CT molecular complexity index is 421. The van der Waals surface area contributed by atoms with Gasteiger partial charge in [-0.2, -0.15) is 0 Å². The highest BCUT2D eigenvalue weighted by atomic mass is 28.4. The van der Waals surface area contributed by atoms with Crippen molar-refractivity contribution in [3.63, 3.8) is 0 Å². The number of rotatable bonds is 6. The van der Waals surface area contributed by atoms with E-state index in [9.17, 15) is 0 Å². The molecule has 0 bridgehead atoms. The molecule has 0 atom stereocenters. The number of hydrogen-bond acceptors (Lipinski definition) is 1. The van der Waals surface area contributed by atoms with E-state index < -0.39 is 8.32 Å². The van der Waals surface area contributed by atoms with Crippen LogP contribution in [0.2, 0.25) is 18.1 Å². The highest BCUT2D eigenvalue weighted by molar-refractivity contribution is 6.74. The average Bonchev–Trinajstić information content (AvgIpc) is 2.31. The Kier molecular flexibility index (Phi) is 8.93. The quantitative estimate of drug-likeness (QED) is 0.327. The third kappa shape index (κ3) is 9.71. The van der Waals surface area contributed by atoms with Crippen molar-refractivity contribution in [2.45, 2.75) is 78.9 Å². The van der Waals surface area contributed by atoms with Crippen LogP contribution in [-0.4, -0.2) is 14.9 Å². The van der Waals surface area contributed by atoms with Crippen LogP contribution in [0.1, 0.15) is 60.8 Å². The molecule has 0 heterocycles. The van der Waals surface area contributed by atoms with E-state index in [1.807, 2.05) is 0 Å². The van der Waals surface area contributed by atoms with Crippen LogP contribution in [0, 0.1) is 11.8 Å². The highest BCUT2D eigenvalue weighted by Gasteiger charge is 2.36. The first-order valence-electron chi connectivity index (χ1n) is 7.95. The van der Waals surface area contributed by atoms with Crippen molar-refractivity contribution in [2.75, 3.05) is 6.61 Å². The molecule has 1 nitrogen and oxygen atoms in total. The van der Waals surface area contributed by atoms with E-state index in [-0.39, 0.29) is 5.04 Å². The van der Waals surface area contributed by atoms with Crippen LogP contribution in [0.25, 0.3) is 0 Å². The Labute approximate surface area is 134 Å². The Morgan fingerprint density at radius 3 is 2.19 bits per heavy atom. The largest absolute Gasteiger partial charge is 0.406 e. The second-order valence-electron chi connectivity index (χ2n) is 7.48.